The van der Waals surface area contributed by atoms with E-state index in [9.17, 15) is 0 Å². The summed E-state index contributed by atoms with van der Waals surface area (Å²) in [5.74, 6) is 0. The number of hydrogen-bond donors (Lipinski definition) is 0. The first-order valence-electron chi connectivity index (χ1n) is 4.83. The predicted octanol–water partition coefficient (Wildman–Crippen LogP) is 2.33. The summed E-state index contributed by atoms with van der Waals surface area (Å²) in [5.41, 5.74) is 1.58. The molecule has 1 aromatic rings. The van der Waals surface area contributed by atoms with Crippen molar-refractivity contribution in [3.8, 4) is 0 Å². The van der Waals surface area contributed by atoms with Crippen molar-refractivity contribution in [2.24, 2.45) is 0 Å². The van der Waals surface area contributed by atoms with E-state index in [1.807, 2.05) is 0 Å². The van der Waals surface area contributed by atoms with Crippen LogP contribution in [0, 0.1) is 0 Å². The minimum Gasteiger partial charge on any atom is -0.0682 e. The van der Waals surface area contributed by atoms with Crippen molar-refractivity contribution in [1.29, 1.82) is 0 Å². The lowest BCUT2D eigenvalue weighted by Crippen LogP contribution is -2.26. The average Bonchev–Trinajstić information content (AvgIpc) is 2.05. The van der Waals surface area contributed by atoms with Crippen molar-refractivity contribution >= 4 is 14.0 Å². The maximum Gasteiger partial charge on any atom is 0.0650 e. The van der Waals surface area contributed by atoms with E-state index < -0.39 is 8.80 Å². The van der Waals surface area contributed by atoms with E-state index in [-0.39, 0.29) is 0 Å². The molecule has 0 aliphatic rings. The predicted molar refractivity (Wildman–Crippen MR) is 58.9 cm³/mol. The first kappa shape index (κ1) is 9.52. The molecule has 66 valence electrons. The van der Waals surface area contributed by atoms with Crippen molar-refractivity contribution in [2.75, 3.05) is 0 Å². The summed E-state index contributed by atoms with van der Waals surface area (Å²) in [5, 5.41) is 1.65. The van der Waals surface area contributed by atoms with Crippen LogP contribution in [-0.2, 0) is 6.42 Å². The molecule has 0 atom stereocenters. The molecule has 0 aliphatic carbocycles. The number of aryl methyl sites for hydroxylation is 1. The Hall–Kier alpha value is -0.563. The molecule has 0 amide bonds. The van der Waals surface area contributed by atoms with Gasteiger partial charge < -0.3 is 0 Å². The lowest BCUT2D eigenvalue weighted by Gasteiger charge is -2.10. The normalized spacial score (nSPS) is 10.7. The van der Waals surface area contributed by atoms with Crippen LogP contribution >= 0.6 is 0 Å². The van der Waals surface area contributed by atoms with E-state index in [2.05, 4.69) is 44.3 Å². The van der Waals surface area contributed by atoms with Gasteiger partial charge in [0.15, 0.2) is 0 Å². The topological polar surface area (TPSA) is 0 Å². The van der Waals surface area contributed by atoms with Crippen LogP contribution in [0.4, 0.5) is 0 Å². The van der Waals surface area contributed by atoms with Crippen LogP contribution < -0.4 is 5.19 Å². The number of hydrogen-bond acceptors (Lipinski definition) is 0. The zero-order valence-electron chi connectivity index (χ0n) is 8.30. The fraction of sp³-hybridized carbons (Fsp3) is 0.455. The molecular weight excluding hydrogens is 160 g/mol. The van der Waals surface area contributed by atoms with Crippen molar-refractivity contribution in [1.82, 2.24) is 0 Å². The van der Waals surface area contributed by atoms with Crippen LogP contribution in [0.5, 0.6) is 0 Å². The third-order valence-electron chi connectivity index (χ3n) is 2.20. The van der Waals surface area contributed by atoms with Crippen LogP contribution in [0.15, 0.2) is 24.3 Å². The first-order valence-corrected chi connectivity index (χ1v) is 7.72. The molecular formula is C11H18Si. The lowest BCUT2D eigenvalue weighted by atomic mass is 10.1. The van der Waals surface area contributed by atoms with Crippen molar-refractivity contribution < 1.29 is 0 Å². The minimum absolute atomic E-state index is 0.600. The molecule has 0 nitrogen and oxygen atoms in total. The summed E-state index contributed by atoms with van der Waals surface area (Å²) in [7, 11) is -0.600. The summed E-state index contributed by atoms with van der Waals surface area (Å²) in [6, 6.07) is 8.92. The second-order valence-electron chi connectivity index (χ2n) is 3.60. The molecule has 0 aliphatic heterocycles. The molecule has 0 saturated heterocycles. The van der Waals surface area contributed by atoms with Gasteiger partial charge in [0.05, 0.1) is 8.80 Å². The van der Waals surface area contributed by atoms with Crippen molar-refractivity contribution in [3.63, 3.8) is 0 Å². The number of benzene rings is 1. The molecule has 0 N–H and O–H groups in total. The van der Waals surface area contributed by atoms with Gasteiger partial charge in [-0.2, -0.15) is 0 Å². The van der Waals surface area contributed by atoms with Crippen molar-refractivity contribution in [2.45, 2.75) is 32.9 Å². The average molecular weight is 178 g/mol. The lowest BCUT2D eigenvalue weighted by molar-refractivity contribution is 0.927. The van der Waals surface area contributed by atoms with E-state index in [0.717, 1.165) is 0 Å². The van der Waals surface area contributed by atoms with Gasteiger partial charge in [-0.15, -0.1) is 0 Å². The highest BCUT2D eigenvalue weighted by Crippen LogP contribution is 2.01. The largest absolute Gasteiger partial charge is 0.0682 e. The minimum atomic E-state index is -0.600. The van der Waals surface area contributed by atoms with Gasteiger partial charge >= 0.3 is 0 Å². The Labute approximate surface area is 77.2 Å². The Morgan fingerprint density at radius 1 is 1.17 bits per heavy atom. The fourth-order valence-corrected chi connectivity index (χ4v) is 3.07. The summed E-state index contributed by atoms with van der Waals surface area (Å²) in [4.78, 5) is 0. The molecule has 0 saturated carbocycles. The van der Waals surface area contributed by atoms with E-state index in [1.165, 1.54) is 12.8 Å². The molecule has 0 radical (unpaired) electrons. The van der Waals surface area contributed by atoms with Crippen molar-refractivity contribution in [3.05, 3.63) is 29.8 Å². The molecule has 0 unspecified atom stereocenters. The molecule has 0 bridgehead atoms. The first-order chi connectivity index (χ1) is 5.75. The Balaban J connectivity index is 2.92. The highest BCUT2D eigenvalue weighted by atomic mass is 28.3. The number of rotatable bonds is 3. The Morgan fingerprint density at radius 2 is 1.83 bits per heavy atom. The summed E-state index contributed by atoms with van der Waals surface area (Å²) < 4.78 is 0. The quantitative estimate of drug-likeness (QED) is 0.623. The van der Waals surface area contributed by atoms with E-state index >= 15 is 0 Å². The van der Waals surface area contributed by atoms with Gasteiger partial charge in [-0.25, -0.2) is 0 Å². The van der Waals surface area contributed by atoms with Gasteiger partial charge in [0, 0.05) is 0 Å². The summed E-state index contributed by atoms with van der Waals surface area (Å²) in [6.07, 6.45) is 2.51. The van der Waals surface area contributed by atoms with Gasteiger partial charge in [0.25, 0.3) is 0 Å². The molecule has 1 heteroatoms. The van der Waals surface area contributed by atoms with Crippen LogP contribution in [0.2, 0.25) is 13.1 Å². The molecule has 0 fully saturated rings. The van der Waals surface area contributed by atoms with Gasteiger partial charge in [-0.05, 0) is 12.0 Å². The highest BCUT2D eigenvalue weighted by molar-refractivity contribution is 6.71. The summed E-state index contributed by atoms with van der Waals surface area (Å²) in [6.45, 7) is 7.04. The van der Waals surface area contributed by atoms with Gasteiger partial charge in [0.2, 0.25) is 0 Å². The Morgan fingerprint density at radius 3 is 2.42 bits per heavy atom. The van der Waals surface area contributed by atoms with Crippen LogP contribution in [0.25, 0.3) is 0 Å². The molecule has 0 spiro atoms. The van der Waals surface area contributed by atoms with Gasteiger partial charge in [0.1, 0.15) is 0 Å². The van der Waals surface area contributed by atoms with Crippen LogP contribution in [0.3, 0.4) is 0 Å². The highest BCUT2D eigenvalue weighted by Gasteiger charge is 2.04. The van der Waals surface area contributed by atoms with E-state index in [0.29, 0.717) is 0 Å². The zero-order chi connectivity index (χ0) is 8.97. The zero-order valence-corrected chi connectivity index (χ0v) is 9.46. The Kier molecular flexibility index (Phi) is 3.54. The van der Waals surface area contributed by atoms with Crippen LogP contribution in [-0.4, -0.2) is 8.80 Å². The maximum atomic E-state index is 2.40. The standard InChI is InChI=1S/C11H18Si/c1-4-7-10-8-5-6-9-11(10)12(2)3/h5-6,8-9,12H,4,7H2,1-3H3. The van der Waals surface area contributed by atoms with E-state index in [4.69, 9.17) is 0 Å². The molecule has 1 rings (SSSR count). The molecule has 12 heavy (non-hydrogen) atoms. The molecule has 0 aromatic heterocycles. The van der Waals surface area contributed by atoms with E-state index in [1.54, 1.807) is 10.8 Å². The second kappa shape index (κ2) is 4.46. The maximum absolute atomic E-state index is 2.40. The summed E-state index contributed by atoms with van der Waals surface area (Å²) >= 11 is 0. The Bertz CT molecular complexity index is 241. The monoisotopic (exact) mass is 178 g/mol. The second-order valence-corrected chi connectivity index (χ2v) is 6.53. The molecule has 0 heterocycles. The fourth-order valence-electron chi connectivity index (χ4n) is 1.59. The van der Waals surface area contributed by atoms with Gasteiger partial charge in [-0.1, -0.05) is 55.9 Å². The SMILES string of the molecule is CCCc1ccccc1[SiH](C)C. The third kappa shape index (κ3) is 2.21. The van der Waals surface area contributed by atoms with Crippen LogP contribution in [0.1, 0.15) is 18.9 Å². The third-order valence-corrected chi connectivity index (χ3v) is 4.00. The molecule has 1 aromatic carbocycles. The smallest absolute Gasteiger partial charge is 0.0650 e. The van der Waals surface area contributed by atoms with Gasteiger partial charge in [-0.3, -0.25) is 0 Å².